The van der Waals surface area contributed by atoms with E-state index in [1.807, 2.05) is 37.4 Å². The predicted molar refractivity (Wildman–Crippen MR) is 109 cm³/mol. The molecule has 0 saturated heterocycles. The van der Waals surface area contributed by atoms with Crippen molar-refractivity contribution in [1.82, 2.24) is 4.90 Å². The Balaban J connectivity index is 1.59. The number of unbranched alkanes of at least 4 members (excludes halogenated alkanes) is 3. The Hall–Kier alpha value is -1.07. The number of halogens is 1. The van der Waals surface area contributed by atoms with Crippen molar-refractivity contribution in [2.75, 3.05) is 19.0 Å². The fourth-order valence-corrected chi connectivity index (χ4v) is 3.77. The van der Waals surface area contributed by atoms with E-state index in [1.54, 1.807) is 4.90 Å². The Morgan fingerprint density at radius 2 is 1.77 bits per heavy atom. The number of nitrogens with zero attached hydrogens (tertiary/aromatic N) is 1. The molecule has 0 radical (unpaired) electrons. The minimum absolute atomic E-state index is 0.231. The Morgan fingerprint density at radius 3 is 2.46 bits per heavy atom. The third-order valence-electron chi connectivity index (χ3n) is 5.07. The molecule has 0 heterocycles. The van der Waals surface area contributed by atoms with Crippen LogP contribution in [0.25, 0.3) is 0 Å². The summed E-state index contributed by atoms with van der Waals surface area (Å²) in [4.78, 5) is 14.0. The Kier molecular flexibility index (Phi) is 10.1. The molecule has 0 aliphatic heterocycles. The van der Waals surface area contributed by atoms with E-state index >= 15 is 0 Å². The van der Waals surface area contributed by atoms with Crippen LogP contribution in [0.3, 0.4) is 0 Å². The van der Waals surface area contributed by atoms with Crippen molar-refractivity contribution in [2.24, 2.45) is 0 Å². The maximum Gasteiger partial charge on any atom is 0.410 e. The molecule has 0 atom stereocenters. The minimum Gasteiger partial charge on any atom is -0.445 e. The fourth-order valence-electron chi connectivity index (χ4n) is 3.37. The molecule has 5 heteroatoms. The highest BCUT2D eigenvalue weighted by Crippen LogP contribution is 2.25. The number of ether oxygens (including phenoxy) is 2. The van der Waals surface area contributed by atoms with Gasteiger partial charge in [0.25, 0.3) is 0 Å². The number of carbonyl (C=O) groups is 1. The molecule has 0 spiro atoms. The summed E-state index contributed by atoms with van der Waals surface area (Å²) in [6.07, 6.45) is 9.09. The van der Waals surface area contributed by atoms with Crippen molar-refractivity contribution in [1.29, 1.82) is 0 Å². The topological polar surface area (TPSA) is 38.8 Å². The van der Waals surface area contributed by atoms with Crippen molar-refractivity contribution in [3.05, 3.63) is 35.9 Å². The van der Waals surface area contributed by atoms with Gasteiger partial charge in [0.1, 0.15) is 6.61 Å². The molecule has 26 heavy (non-hydrogen) atoms. The van der Waals surface area contributed by atoms with Gasteiger partial charge in [0, 0.05) is 25.0 Å². The zero-order valence-corrected chi connectivity index (χ0v) is 17.5. The molecule has 0 aromatic heterocycles. The van der Waals surface area contributed by atoms with E-state index in [4.69, 9.17) is 9.47 Å². The maximum absolute atomic E-state index is 12.3. The Labute approximate surface area is 166 Å². The first-order chi connectivity index (χ1) is 12.7. The molecule has 1 aromatic rings. The largest absolute Gasteiger partial charge is 0.445 e. The van der Waals surface area contributed by atoms with Gasteiger partial charge in [0.05, 0.1) is 6.10 Å². The van der Waals surface area contributed by atoms with Crippen molar-refractivity contribution in [3.63, 3.8) is 0 Å². The van der Waals surface area contributed by atoms with E-state index in [0.717, 1.165) is 49.6 Å². The number of amides is 1. The van der Waals surface area contributed by atoms with E-state index in [0.29, 0.717) is 12.7 Å². The van der Waals surface area contributed by atoms with Crippen LogP contribution in [0, 0.1) is 0 Å². The molecule has 4 nitrogen and oxygen atoms in total. The number of hydrogen-bond acceptors (Lipinski definition) is 3. The van der Waals surface area contributed by atoms with Gasteiger partial charge in [0.2, 0.25) is 0 Å². The number of alkyl halides is 1. The molecule has 1 saturated carbocycles. The number of benzene rings is 1. The maximum atomic E-state index is 12.3. The summed E-state index contributed by atoms with van der Waals surface area (Å²) in [5, 5.41) is 1.10. The van der Waals surface area contributed by atoms with E-state index in [2.05, 4.69) is 15.9 Å². The summed E-state index contributed by atoms with van der Waals surface area (Å²) >= 11 is 3.46. The first kappa shape index (κ1) is 21.2. The summed E-state index contributed by atoms with van der Waals surface area (Å²) < 4.78 is 11.4. The van der Waals surface area contributed by atoms with Gasteiger partial charge in [-0.15, -0.1) is 0 Å². The summed E-state index contributed by atoms with van der Waals surface area (Å²) in [5.74, 6) is 0. The summed E-state index contributed by atoms with van der Waals surface area (Å²) in [5.41, 5.74) is 1.02. The van der Waals surface area contributed by atoms with Crippen molar-refractivity contribution < 1.29 is 14.3 Å². The van der Waals surface area contributed by atoms with Gasteiger partial charge >= 0.3 is 6.09 Å². The van der Waals surface area contributed by atoms with Crippen molar-refractivity contribution in [2.45, 2.75) is 70.1 Å². The third-order valence-corrected chi connectivity index (χ3v) is 5.63. The van der Waals surface area contributed by atoms with Crippen LogP contribution >= 0.6 is 15.9 Å². The number of hydrogen-bond donors (Lipinski definition) is 0. The van der Waals surface area contributed by atoms with Gasteiger partial charge in [-0.2, -0.15) is 0 Å². The summed E-state index contributed by atoms with van der Waals surface area (Å²) in [6.45, 7) is 1.20. The second-order valence-corrected chi connectivity index (χ2v) is 7.85. The zero-order chi connectivity index (χ0) is 18.6. The van der Waals surface area contributed by atoms with Crippen LogP contribution in [0.15, 0.2) is 30.3 Å². The highest BCUT2D eigenvalue weighted by Gasteiger charge is 2.27. The molecular formula is C21H32BrNO3. The van der Waals surface area contributed by atoms with Crippen LogP contribution in [0.5, 0.6) is 0 Å². The van der Waals surface area contributed by atoms with Crippen LogP contribution in [0.2, 0.25) is 0 Å². The minimum atomic E-state index is -0.231. The summed E-state index contributed by atoms with van der Waals surface area (Å²) in [7, 11) is 1.85. The smallest absolute Gasteiger partial charge is 0.410 e. The normalized spacial score (nSPS) is 19.9. The van der Waals surface area contributed by atoms with E-state index < -0.39 is 0 Å². The van der Waals surface area contributed by atoms with Crippen LogP contribution in [0.4, 0.5) is 4.79 Å². The average Bonchev–Trinajstić information content (AvgIpc) is 2.69. The molecular weight excluding hydrogens is 394 g/mol. The SMILES string of the molecule is CN(C(=O)OCc1ccccc1)[C@H]1CC[C@H](OCCCCCCBr)CC1. The molecule has 1 aromatic carbocycles. The lowest BCUT2D eigenvalue weighted by Gasteiger charge is -2.34. The Morgan fingerprint density at radius 1 is 1.08 bits per heavy atom. The predicted octanol–water partition coefficient (Wildman–Crippen LogP) is 5.54. The second kappa shape index (κ2) is 12.3. The highest BCUT2D eigenvalue weighted by molar-refractivity contribution is 9.09. The number of rotatable bonds is 10. The molecule has 2 rings (SSSR count). The number of carbonyl (C=O) groups excluding carboxylic acids is 1. The lowest BCUT2D eigenvalue weighted by atomic mass is 9.92. The lowest BCUT2D eigenvalue weighted by Crippen LogP contribution is -2.41. The van der Waals surface area contributed by atoms with Crippen LogP contribution in [-0.2, 0) is 16.1 Å². The molecule has 146 valence electrons. The molecule has 1 aliphatic carbocycles. The first-order valence-corrected chi connectivity index (χ1v) is 10.9. The quantitative estimate of drug-likeness (QED) is 0.364. The highest BCUT2D eigenvalue weighted by atomic mass is 79.9. The molecule has 0 unspecified atom stereocenters. The standard InChI is InChI=1S/C21H32BrNO3/c1-23(21(24)26-17-18-9-5-4-6-10-18)19-11-13-20(14-12-19)25-16-8-3-2-7-15-22/h4-6,9-10,19-20H,2-3,7-8,11-17H2,1H3/t19-,20-. The monoisotopic (exact) mass is 425 g/mol. The van der Waals surface area contributed by atoms with Gasteiger partial charge in [-0.25, -0.2) is 4.79 Å². The third kappa shape index (κ3) is 7.67. The molecule has 1 fully saturated rings. The van der Waals surface area contributed by atoms with Gasteiger partial charge in [-0.05, 0) is 44.1 Å². The fraction of sp³-hybridized carbons (Fsp3) is 0.667. The van der Waals surface area contributed by atoms with Gasteiger partial charge in [0.15, 0.2) is 0 Å². The molecule has 0 bridgehead atoms. The molecule has 1 aliphatic rings. The van der Waals surface area contributed by atoms with Crippen LogP contribution in [-0.4, -0.2) is 42.1 Å². The molecule has 0 N–H and O–H groups in total. The van der Waals surface area contributed by atoms with Crippen molar-refractivity contribution in [3.8, 4) is 0 Å². The van der Waals surface area contributed by atoms with Gasteiger partial charge < -0.3 is 14.4 Å². The average molecular weight is 426 g/mol. The summed E-state index contributed by atoms with van der Waals surface area (Å²) in [6, 6.07) is 10.1. The van der Waals surface area contributed by atoms with Crippen LogP contribution < -0.4 is 0 Å². The first-order valence-electron chi connectivity index (χ1n) is 9.81. The Bertz CT molecular complexity index is 503. The van der Waals surface area contributed by atoms with E-state index in [-0.39, 0.29) is 12.1 Å². The second-order valence-electron chi connectivity index (χ2n) is 7.06. The van der Waals surface area contributed by atoms with Crippen LogP contribution in [0.1, 0.15) is 56.9 Å². The van der Waals surface area contributed by atoms with Gasteiger partial charge in [-0.1, -0.05) is 59.1 Å². The van der Waals surface area contributed by atoms with E-state index in [9.17, 15) is 4.79 Å². The zero-order valence-electron chi connectivity index (χ0n) is 15.9. The van der Waals surface area contributed by atoms with Gasteiger partial charge in [-0.3, -0.25) is 0 Å². The van der Waals surface area contributed by atoms with Crippen molar-refractivity contribution >= 4 is 22.0 Å². The molecule has 1 amide bonds. The lowest BCUT2D eigenvalue weighted by molar-refractivity contribution is 0.00698. The van der Waals surface area contributed by atoms with E-state index in [1.165, 1.54) is 19.3 Å².